The number of pyridine rings is 1. The van der Waals surface area contributed by atoms with Crippen molar-refractivity contribution in [1.82, 2.24) is 19.4 Å². The Labute approximate surface area is 260 Å². The highest BCUT2D eigenvalue weighted by Gasteiger charge is 2.45. The summed E-state index contributed by atoms with van der Waals surface area (Å²) in [6.07, 6.45) is -0.578. The molecule has 5 rings (SSSR count). The predicted molar refractivity (Wildman–Crippen MR) is 161 cm³/mol. The SMILES string of the molecule is CC(C)Oc1ccc(C2CC[C@H](O)C2)c(C(=O)N2CCCC[C@@]2(C)c2nc3ncc(C(F)(F)F)cc3n2COC(=O)C(C)C)c1. The topological polar surface area (TPSA) is 107 Å². The van der Waals surface area contributed by atoms with E-state index in [0.717, 1.165) is 37.1 Å². The summed E-state index contributed by atoms with van der Waals surface area (Å²) in [5, 5.41) is 10.3. The van der Waals surface area contributed by atoms with E-state index >= 15 is 0 Å². The maximum Gasteiger partial charge on any atom is 0.417 e. The molecule has 0 bridgehead atoms. The molecule has 2 fully saturated rings. The molecule has 1 saturated heterocycles. The fraction of sp³-hybridized carbons (Fsp3) is 0.576. The van der Waals surface area contributed by atoms with Crippen LogP contribution in [0.25, 0.3) is 11.2 Å². The molecule has 1 aliphatic carbocycles. The summed E-state index contributed by atoms with van der Waals surface area (Å²) in [6.45, 7) is 8.99. The first kappa shape index (κ1) is 32.7. The second-order valence-corrected chi connectivity index (χ2v) is 12.9. The van der Waals surface area contributed by atoms with Crippen LogP contribution in [0.1, 0.15) is 106 Å². The van der Waals surface area contributed by atoms with E-state index in [1.165, 1.54) is 4.57 Å². The number of imidazole rings is 1. The van der Waals surface area contributed by atoms with Crippen molar-refractivity contribution in [1.29, 1.82) is 0 Å². The summed E-state index contributed by atoms with van der Waals surface area (Å²) in [5.74, 6) is -0.400. The minimum absolute atomic E-state index is 0.00638. The van der Waals surface area contributed by atoms with Crippen LogP contribution in [0.2, 0.25) is 0 Å². The van der Waals surface area contributed by atoms with E-state index in [9.17, 15) is 27.9 Å². The molecular weight excluding hydrogens is 589 g/mol. The number of esters is 1. The van der Waals surface area contributed by atoms with Crippen molar-refractivity contribution in [3.8, 4) is 5.75 Å². The van der Waals surface area contributed by atoms with Crippen LogP contribution >= 0.6 is 0 Å². The lowest BCUT2D eigenvalue weighted by atomic mass is 9.85. The van der Waals surface area contributed by atoms with E-state index in [1.54, 1.807) is 24.8 Å². The van der Waals surface area contributed by atoms with E-state index in [-0.39, 0.29) is 35.8 Å². The number of carbonyl (C=O) groups is 2. The third kappa shape index (κ3) is 6.66. The molecule has 3 heterocycles. The number of rotatable bonds is 8. The third-order valence-electron chi connectivity index (χ3n) is 8.83. The third-order valence-corrected chi connectivity index (χ3v) is 8.83. The number of aromatic nitrogens is 3. The summed E-state index contributed by atoms with van der Waals surface area (Å²) < 4.78 is 54.1. The van der Waals surface area contributed by atoms with Crippen LogP contribution in [0.3, 0.4) is 0 Å². The molecule has 1 amide bonds. The fourth-order valence-electron chi connectivity index (χ4n) is 6.48. The number of likely N-dealkylation sites (tertiary alicyclic amines) is 1. The molecule has 3 atom stereocenters. The molecule has 1 aliphatic heterocycles. The number of hydrogen-bond acceptors (Lipinski definition) is 7. The van der Waals surface area contributed by atoms with Gasteiger partial charge in [-0.2, -0.15) is 13.2 Å². The number of amides is 1. The first-order valence-electron chi connectivity index (χ1n) is 15.6. The van der Waals surface area contributed by atoms with Gasteiger partial charge in [-0.15, -0.1) is 0 Å². The Balaban J connectivity index is 1.63. The molecule has 45 heavy (non-hydrogen) atoms. The Morgan fingerprint density at radius 1 is 1.13 bits per heavy atom. The van der Waals surface area contributed by atoms with Gasteiger partial charge in [0, 0.05) is 18.3 Å². The number of piperidine rings is 1. The molecule has 9 nitrogen and oxygen atoms in total. The van der Waals surface area contributed by atoms with Gasteiger partial charge in [-0.25, -0.2) is 9.97 Å². The van der Waals surface area contributed by atoms with Crippen LogP contribution in [0.15, 0.2) is 30.5 Å². The predicted octanol–water partition coefficient (Wildman–Crippen LogP) is 6.56. The normalized spacial score (nSPS) is 22.4. The standard InChI is InChI=1S/C33H41F3N4O5/c1-19(2)30(43)44-18-39-27-15-22(33(34,35)36)17-37-28(27)38-31(39)32(5)12-6-7-13-40(32)29(42)26-16-24(45-20(3)4)10-11-25(26)21-8-9-23(41)14-21/h10-11,15-17,19-21,23,41H,6-9,12-14,18H2,1-5H3/t21?,23-,32-/m0/s1. The lowest BCUT2D eigenvalue weighted by Crippen LogP contribution is -2.52. The van der Waals surface area contributed by atoms with Crippen LogP contribution in [-0.4, -0.2) is 55.2 Å². The molecule has 0 spiro atoms. The van der Waals surface area contributed by atoms with E-state index in [4.69, 9.17) is 9.47 Å². The van der Waals surface area contributed by atoms with Crippen molar-refractivity contribution in [3.63, 3.8) is 0 Å². The van der Waals surface area contributed by atoms with Crippen LogP contribution in [-0.2, 0) is 28.0 Å². The van der Waals surface area contributed by atoms with E-state index in [2.05, 4.69) is 9.97 Å². The summed E-state index contributed by atoms with van der Waals surface area (Å²) >= 11 is 0. The molecule has 244 valence electrons. The van der Waals surface area contributed by atoms with Gasteiger partial charge in [0.2, 0.25) is 0 Å². The largest absolute Gasteiger partial charge is 0.491 e. The molecule has 1 aromatic carbocycles. The van der Waals surface area contributed by atoms with E-state index in [1.807, 2.05) is 32.9 Å². The van der Waals surface area contributed by atoms with Gasteiger partial charge < -0.3 is 19.5 Å². The maximum absolute atomic E-state index is 14.7. The van der Waals surface area contributed by atoms with Crippen molar-refractivity contribution in [3.05, 3.63) is 53.0 Å². The molecule has 0 radical (unpaired) electrons. The summed E-state index contributed by atoms with van der Waals surface area (Å²) in [4.78, 5) is 37.6. The Morgan fingerprint density at radius 3 is 2.53 bits per heavy atom. The van der Waals surface area contributed by atoms with Crippen molar-refractivity contribution in [2.24, 2.45) is 5.92 Å². The van der Waals surface area contributed by atoms with Crippen LogP contribution < -0.4 is 4.74 Å². The van der Waals surface area contributed by atoms with Crippen molar-refractivity contribution in [2.45, 2.75) is 110 Å². The first-order chi connectivity index (χ1) is 21.2. The second kappa shape index (κ2) is 12.6. The smallest absolute Gasteiger partial charge is 0.417 e. The Hall–Kier alpha value is -3.67. The number of nitrogens with zero attached hydrogens (tertiary/aromatic N) is 4. The van der Waals surface area contributed by atoms with E-state index in [0.29, 0.717) is 42.9 Å². The number of benzene rings is 1. The first-order valence-corrected chi connectivity index (χ1v) is 15.6. The molecule has 3 aromatic rings. The number of aliphatic hydroxyl groups excluding tert-OH is 1. The zero-order chi connectivity index (χ0) is 32.7. The lowest BCUT2D eigenvalue weighted by molar-refractivity contribution is -0.151. The molecule has 12 heteroatoms. The van der Waals surface area contributed by atoms with Crippen molar-refractivity contribution >= 4 is 23.0 Å². The van der Waals surface area contributed by atoms with Crippen LogP contribution in [0.4, 0.5) is 13.2 Å². The zero-order valence-electron chi connectivity index (χ0n) is 26.4. The Morgan fingerprint density at radius 2 is 1.89 bits per heavy atom. The van der Waals surface area contributed by atoms with E-state index < -0.39 is 35.3 Å². The number of halogens is 3. The quantitative estimate of drug-likeness (QED) is 0.281. The molecule has 1 unspecified atom stereocenters. The van der Waals surface area contributed by atoms with Crippen LogP contribution in [0, 0.1) is 5.92 Å². The molecule has 2 aliphatic rings. The van der Waals surface area contributed by atoms with Gasteiger partial charge in [-0.1, -0.05) is 19.9 Å². The molecule has 1 saturated carbocycles. The van der Waals surface area contributed by atoms with Gasteiger partial charge in [0.25, 0.3) is 5.91 Å². The number of ether oxygens (including phenoxy) is 2. The monoisotopic (exact) mass is 630 g/mol. The minimum atomic E-state index is -4.64. The van der Waals surface area contributed by atoms with Gasteiger partial charge in [-0.3, -0.25) is 14.2 Å². The summed E-state index contributed by atoms with van der Waals surface area (Å²) in [7, 11) is 0. The zero-order valence-corrected chi connectivity index (χ0v) is 26.4. The van der Waals surface area contributed by atoms with Gasteiger partial charge in [0.05, 0.1) is 34.7 Å². The Kier molecular flexibility index (Phi) is 9.17. The number of fused-ring (bicyclic) bond motifs is 1. The second-order valence-electron chi connectivity index (χ2n) is 12.9. The average Bonchev–Trinajstić information content (AvgIpc) is 3.58. The lowest BCUT2D eigenvalue weighted by Gasteiger charge is -2.44. The van der Waals surface area contributed by atoms with Crippen molar-refractivity contribution < 1.29 is 37.3 Å². The maximum atomic E-state index is 14.7. The highest BCUT2D eigenvalue weighted by Crippen LogP contribution is 2.43. The molecule has 2 aromatic heterocycles. The number of aliphatic hydroxyl groups is 1. The summed E-state index contributed by atoms with van der Waals surface area (Å²) in [6, 6.07) is 6.45. The summed E-state index contributed by atoms with van der Waals surface area (Å²) in [5.41, 5.74) is -0.609. The van der Waals surface area contributed by atoms with Gasteiger partial charge in [0.1, 0.15) is 11.6 Å². The van der Waals surface area contributed by atoms with Crippen LogP contribution in [0.5, 0.6) is 5.75 Å². The van der Waals surface area contributed by atoms with Gasteiger partial charge >= 0.3 is 12.1 Å². The minimum Gasteiger partial charge on any atom is -0.491 e. The molecule has 1 N–H and O–H groups in total. The molecular formula is C33H41F3N4O5. The van der Waals surface area contributed by atoms with Crippen molar-refractivity contribution in [2.75, 3.05) is 6.54 Å². The van der Waals surface area contributed by atoms with Gasteiger partial charge in [0.15, 0.2) is 12.4 Å². The van der Waals surface area contributed by atoms with Gasteiger partial charge in [-0.05, 0) is 89.0 Å². The number of alkyl halides is 3. The average molecular weight is 631 g/mol. The highest BCUT2D eigenvalue weighted by molar-refractivity contribution is 5.97. The number of carbonyl (C=O) groups excluding carboxylic acids is 2. The Bertz CT molecular complexity index is 1570. The number of hydrogen-bond donors (Lipinski definition) is 1. The highest BCUT2D eigenvalue weighted by atomic mass is 19.4. The fourth-order valence-corrected chi connectivity index (χ4v) is 6.48.